The third kappa shape index (κ3) is 10.5. The first-order chi connectivity index (χ1) is 11.7. The van der Waals surface area contributed by atoms with E-state index in [1.54, 1.807) is 0 Å². The van der Waals surface area contributed by atoms with E-state index in [9.17, 15) is 9.90 Å². The zero-order valence-electron chi connectivity index (χ0n) is 18.6. The minimum atomic E-state index is -1.96. The molecule has 5 nitrogen and oxygen atoms in total. The average molecular weight is 390 g/mol. The van der Waals surface area contributed by atoms with Gasteiger partial charge in [0.05, 0.1) is 18.8 Å². The first kappa shape index (κ1) is 25.4. The van der Waals surface area contributed by atoms with Gasteiger partial charge in [0.25, 0.3) is 0 Å². The largest absolute Gasteiger partial charge is 0.444 e. The van der Waals surface area contributed by atoms with Gasteiger partial charge in [-0.3, -0.25) is 0 Å². The number of alkyl carbamates (subject to hydrolysis) is 1. The summed E-state index contributed by atoms with van der Waals surface area (Å²) in [5.41, 5.74) is -0.568. The number of aliphatic hydroxyl groups is 1. The van der Waals surface area contributed by atoms with E-state index in [0.29, 0.717) is 13.0 Å². The van der Waals surface area contributed by atoms with Crippen molar-refractivity contribution in [2.75, 3.05) is 6.61 Å². The predicted molar refractivity (Wildman–Crippen MR) is 111 cm³/mol. The van der Waals surface area contributed by atoms with E-state index in [4.69, 9.17) is 9.16 Å². The van der Waals surface area contributed by atoms with E-state index < -0.39 is 32.2 Å². The van der Waals surface area contributed by atoms with Crippen LogP contribution in [-0.4, -0.2) is 43.9 Å². The fourth-order valence-corrected chi connectivity index (χ4v) is 3.23. The minimum absolute atomic E-state index is 0.0789. The molecule has 6 heteroatoms. The second kappa shape index (κ2) is 10.7. The summed E-state index contributed by atoms with van der Waals surface area (Å²) in [6, 6.07) is -0.458. The van der Waals surface area contributed by atoms with E-state index in [2.05, 4.69) is 46.1 Å². The van der Waals surface area contributed by atoms with Crippen LogP contribution in [0.2, 0.25) is 18.1 Å². The molecule has 0 aromatic heterocycles. The van der Waals surface area contributed by atoms with Gasteiger partial charge in [0.2, 0.25) is 0 Å². The van der Waals surface area contributed by atoms with Crippen molar-refractivity contribution in [3.8, 4) is 0 Å². The topological polar surface area (TPSA) is 67.8 Å². The summed E-state index contributed by atoms with van der Waals surface area (Å²) in [5.74, 6) is 0. The molecule has 0 saturated carbocycles. The number of amides is 1. The van der Waals surface area contributed by atoms with Crippen molar-refractivity contribution in [3.05, 3.63) is 0 Å². The zero-order chi connectivity index (χ0) is 20.6. The second-order valence-electron chi connectivity index (χ2n) is 9.74. The van der Waals surface area contributed by atoms with Crippen molar-refractivity contribution < 1.29 is 19.1 Å². The number of ether oxygens (including phenoxy) is 1. The van der Waals surface area contributed by atoms with Gasteiger partial charge in [0.15, 0.2) is 8.32 Å². The smallest absolute Gasteiger partial charge is 0.408 e. The Balaban J connectivity index is 4.89. The molecule has 0 heterocycles. The van der Waals surface area contributed by atoms with Gasteiger partial charge < -0.3 is 19.6 Å². The Kier molecular flexibility index (Phi) is 10.4. The van der Waals surface area contributed by atoms with Crippen molar-refractivity contribution >= 4 is 14.4 Å². The molecule has 0 aliphatic heterocycles. The Morgan fingerprint density at radius 3 is 2.12 bits per heavy atom. The standard InChI is InChI=1S/C20H43NO4Si/c1-10-11-12-13-14-17(22)16(21-18(23)25-19(2,3)4)15-24-26(8,9)20(5,6)7/h16-17,22H,10-15H2,1-9H3,(H,21,23)/t16-,17+/m0/s1. The molecule has 0 aromatic carbocycles. The summed E-state index contributed by atoms with van der Waals surface area (Å²) in [5, 5.41) is 13.5. The minimum Gasteiger partial charge on any atom is -0.444 e. The van der Waals surface area contributed by atoms with Crippen molar-refractivity contribution in [2.45, 2.75) is 116 Å². The van der Waals surface area contributed by atoms with E-state index in [0.717, 1.165) is 25.7 Å². The second-order valence-corrected chi connectivity index (χ2v) is 14.6. The van der Waals surface area contributed by atoms with Crippen LogP contribution in [0.4, 0.5) is 4.79 Å². The Morgan fingerprint density at radius 2 is 1.65 bits per heavy atom. The summed E-state index contributed by atoms with van der Waals surface area (Å²) in [6.45, 7) is 18.8. The number of rotatable bonds is 10. The van der Waals surface area contributed by atoms with E-state index in [1.807, 2.05) is 20.8 Å². The Labute approximate surface area is 162 Å². The average Bonchev–Trinajstić information content (AvgIpc) is 2.44. The van der Waals surface area contributed by atoms with Gasteiger partial charge in [0.1, 0.15) is 5.60 Å². The summed E-state index contributed by atoms with van der Waals surface area (Å²) in [7, 11) is -1.96. The number of hydrogen-bond donors (Lipinski definition) is 2. The van der Waals surface area contributed by atoms with Gasteiger partial charge in [-0.05, 0) is 45.3 Å². The monoisotopic (exact) mass is 389 g/mol. The molecule has 1 amide bonds. The summed E-state index contributed by atoms with van der Waals surface area (Å²) in [6.07, 6.45) is 3.87. The summed E-state index contributed by atoms with van der Waals surface area (Å²) < 4.78 is 11.6. The maximum Gasteiger partial charge on any atom is 0.408 e. The molecule has 0 aromatic rings. The molecule has 2 N–H and O–H groups in total. The highest BCUT2D eigenvalue weighted by Gasteiger charge is 2.38. The van der Waals surface area contributed by atoms with E-state index in [-0.39, 0.29) is 5.04 Å². The number of carbonyl (C=O) groups excluding carboxylic acids is 1. The van der Waals surface area contributed by atoms with Crippen LogP contribution in [0.25, 0.3) is 0 Å². The Hall–Kier alpha value is -0.593. The molecule has 156 valence electrons. The third-order valence-corrected chi connectivity index (χ3v) is 9.45. The molecule has 0 radical (unpaired) electrons. The van der Waals surface area contributed by atoms with Crippen molar-refractivity contribution in [3.63, 3.8) is 0 Å². The van der Waals surface area contributed by atoms with Crippen LogP contribution in [0, 0.1) is 0 Å². The van der Waals surface area contributed by atoms with Gasteiger partial charge in [0, 0.05) is 0 Å². The van der Waals surface area contributed by atoms with Crippen molar-refractivity contribution in [1.82, 2.24) is 5.32 Å². The molecule has 26 heavy (non-hydrogen) atoms. The van der Waals surface area contributed by atoms with Gasteiger partial charge in [-0.2, -0.15) is 0 Å². The van der Waals surface area contributed by atoms with Crippen molar-refractivity contribution in [2.24, 2.45) is 0 Å². The highest BCUT2D eigenvalue weighted by molar-refractivity contribution is 6.74. The molecule has 0 bridgehead atoms. The quantitative estimate of drug-likeness (QED) is 0.396. The molecule has 0 aliphatic carbocycles. The molecule has 0 rings (SSSR count). The van der Waals surface area contributed by atoms with Crippen LogP contribution in [0.3, 0.4) is 0 Å². The molecular formula is C20H43NO4Si. The number of nitrogens with one attached hydrogen (secondary N) is 1. The van der Waals surface area contributed by atoms with Crippen LogP contribution >= 0.6 is 0 Å². The van der Waals surface area contributed by atoms with E-state index in [1.165, 1.54) is 0 Å². The number of carbonyl (C=O) groups is 1. The first-order valence-corrected chi connectivity index (χ1v) is 12.9. The number of unbranched alkanes of at least 4 members (excludes halogenated alkanes) is 3. The van der Waals surface area contributed by atoms with E-state index >= 15 is 0 Å². The maximum absolute atomic E-state index is 12.2. The summed E-state index contributed by atoms with van der Waals surface area (Å²) in [4.78, 5) is 12.2. The third-order valence-electron chi connectivity index (χ3n) is 4.95. The van der Waals surface area contributed by atoms with Crippen LogP contribution < -0.4 is 5.32 Å². The SMILES string of the molecule is CCCCCC[C@@H](O)[C@H](CO[Si](C)(C)C(C)(C)C)NC(=O)OC(C)(C)C. The maximum atomic E-state index is 12.2. The molecule has 0 aliphatic rings. The van der Waals surface area contributed by atoms with Gasteiger partial charge in [-0.25, -0.2) is 4.79 Å². The zero-order valence-corrected chi connectivity index (χ0v) is 19.6. The Bertz CT molecular complexity index is 413. The van der Waals surface area contributed by atoms with Crippen LogP contribution in [0.5, 0.6) is 0 Å². The molecule has 0 spiro atoms. The van der Waals surface area contributed by atoms with Gasteiger partial charge >= 0.3 is 6.09 Å². The lowest BCUT2D eigenvalue weighted by atomic mass is 10.0. The molecule has 2 atom stereocenters. The lowest BCUT2D eigenvalue weighted by molar-refractivity contribution is 0.0342. The molecule has 0 fully saturated rings. The normalized spacial score (nSPS) is 15.5. The number of hydrogen-bond acceptors (Lipinski definition) is 4. The molecule has 0 unspecified atom stereocenters. The van der Waals surface area contributed by atoms with Crippen LogP contribution in [-0.2, 0) is 9.16 Å². The predicted octanol–water partition coefficient (Wildman–Crippen LogP) is 5.23. The summed E-state index contributed by atoms with van der Waals surface area (Å²) >= 11 is 0. The molecular weight excluding hydrogens is 346 g/mol. The first-order valence-electron chi connectivity index (χ1n) is 10.0. The number of aliphatic hydroxyl groups excluding tert-OH is 1. The van der Waals surface area contributed by atoms with Crippen LogP contribution in [0.15, 0.2) is 0 Å². The Morgan fingerprint density at radius 1 is 1.08 bits per heavy atom. The van der Waals surface area contributed by atoms with Crippen molar-refractivity contribution in [1.29, 1.82) is 0 Å². The molecule has 0 saturated heterocycles. The fourth-order valence-electron chi connectivity index (χ4n) is 2.20. The highest BCUT2D eigenvalue weighted by atomic mass is 28.4. The van der Waals surface area contributed by atoms with Gasteiger partial charge in [-0.1, -0.05) is 53.4 Å². The van der Waals surface area contributed by atoms with Crippen LogP contribution in [0.1, 0.15) is 80.6 Å². The highest BCUT2D eigenvalue weighted by Crippen LogP contribution is 2.36. The fraction of sp³-hybridized carbons (Fsp3) is 0.950. The van der Waals surface area contributed by atoms with Gasteiger partial charge in [-0.15, -0.1) is 0 Å². The lowest BCUT2D eigenvalue weighted by Gasteiger charge is -2.38. The lowest BCUT2D eigenvalue weighted by Crippen LogP contribution is -2.51.